The monoisotopic (exact) mass is 334 g/mol. The molecular weight excluding hydrogens is 304 g/mol. The minimum Gasteiger partial charge on any atom is -0.396 e. The molecule has 0 unspecified atom stereocenters. The van der Waals surface area contributed by atoms with E-state index in [2.05, 4.69) is 15.2 Å². The molecule has 1 N–H and O–H groups in total. The largest absolute Gasteiger partial charge is 0.396 e. The summed E-state index contributed by atoms with van der Waals surface area (Å²) in [4.78, 5) is 15.0. The van der Waals surface area contributed by atoms with Gasteiger partial charge < -0.3 is 10.0 Å². The molecule has 2 aliphatic rings. The van der Waals surface area contributed by atoms with Crippen LogP contribution in [0.15, 0.2) is 6.20 Å². The third-order valence-corrected chi connectivity index (χ3v) is 5.43. The quantitative estimate of drug-likeness (QED) is 0.836. The number of piperidine rings is 1. The van der Waals surface area contributed by atoms with Crippen molar-refractivity contribution in [3.8, 4) is 0 Å². The summed E-state index contributed by atoms with van der Waals surface area (Å²) in [7, 11) is 0. The maximum Gasteiger partial charge on any atom is 0.225 e. The number of likely N-dealkylation sites (tertiary alicyclic amines) is 1. The van der Waals surface area contributed by atoms with Gasteiger partial charge in [-0.2, -0.15) is 0 Å². The molecule has 24 heavy (non-hydrogen) atoms. The second kappa shape index (κ2) is 8.60. The summed E-state index contributed by atoms with van der Waals surface area (Å²) < 4.78 is 1.87. The molecule has 134 valence electrons. The number of hydrogen-bond acceptors (Lipinski definition) is 4. The second-order valence-corrected chi connectivity index (χ2v) is 7.39. The zero-order valence-electron chi connectivity index (χ0n) is 14.6. The average Bonchev–Trinajstić information content (AvgIpc) is 2.86. The van der Waals surface area contributed by atoms with Gasteiger partial charge in [-0.25, -0.2) is 0 Å². The molecule has 1 aromatic rings. The summed E-state index contributed by atoms with van der Waals surface area (Å²) in [6.07, 6.45) is 11.8. The first-order chi connectivity index (χ1) is 11.8. The predicted molar refractivity (Wildman–Crippen MR) is 91.3 cm³/mol. The van der Waals surface area contributed by atoms with Crippen LogP contribution in [0.5, 0.6) is 0 Å². The Bertz CT molecular complexity index is 523. The fourth-order valence-corrected chi connectivity index (χ4v) is 4.12. The number of aliphatic hydroxyl groups is 1. The lowest BCUT2D eigenvalue weighted by Gasteiger charge is -2.34. The molecule has 6 nitrogen and oxygen atoms in total. The Morgan fingerprint density at radius 3 is 2.71 bits per heavy atom. The highest BCUT2D eigenvalue weighted by atomic mass is 16.3. The molecule has 1 aromatic heterocycles. The van der Waals surface area contributed by atoms with Crippen LogP contribution in [0.3, 0.4) is 0 Å². The molecule has 2 fully saturated rings. The Labute approximate surface area is 144 Å². The van der Waals surface area contributed by atoms with Gasteiger partial charge in [0.2, 0.25) is 5.91 Å². The first-order valence-electron chi connectivity index (χ1n) is 9.55. The zero-order chi connectivity index (χ0) is 16.8. The van der Waals surface area contributed by atoms with Crippen molar-refractivity contribution < 1.29 is 9.90 Å². The number of hydrogen-bond donors (Lipinski definition) is 1. The topological polar surface area (TPSA) is 71.2 Å². The first kappa shape index (κ1) is 17.4. The molecule has 3 rings (SSSR count). The third-order valence-electron chi connectivity index (χ3n) is 5.43. The smallest absolute Gasteiger partial charge is 0.225 e. The molecule has 0 spiro atoms. The van der Waals surface area contributed by atoms with Crippen molar-refractivity contribution in [2.75, 3.05) is 19.7 Å². The van der Waals surface area contributed by atoms with Crippen molar-refractivity contribution >= 4 is 5.91 Å². The molecule has 1 saturated heterocycles. The molecule has 0 radical (unpaired) electrons. The maximum absolute atomic E-state index is 12.9. The van der Waals surface area contributed by atoms with Crippen molar-refractivity contribution in [2.24, 2.45) is 11.8 Å². The van der Waals surface area contributed by atoms with E-state index in [1.54, 1.807) is 0 Å². The normalized spacial score (nSPS) is 23.2. The van der Waals surface area contributed by atoms with Gasteiger partial charge in [0, 0.05) is 44.8 Å². The predicted octanol–water partition coefficient (Wildman–Crippen LogP) is 2.02. The molecule has 0 bridgehead atoms. The molecule has 1 aliphatic carbocycles. The second-order valence-electron chi connectivity index (χ2n) is 7.39. The van der Waals surface area contributed by atoms with Gasteiger partial charge in [-0.15, -0.1) is 5.10 Å². The summed E-state index contributed by atoms with van der Waals surface area (Å²) in [5.41, 5.74) is 0.833. The molecule has 1 saturated carbocycles. The van der Waals surface area contributed by atoms with Crippen molar-refractivity contribution in [3.05, 3.63) is 11.9 Å². The minimum atomic E-state index is 0.103. The Kier molecular flexibility index (Phi) is 6.24. The van der Waals surface area contributed by atoms with Gasteiger partial charge in [0.25, 0.3) is 0 Å². The van der Waals surface area contributed by atoms with E-state index in [0.717, 1.165) is 51.0 Å². The van der Waals surface area contributed by atoms with Crippen LogP contribution in [-0.4, -0.2) is 50.6 Å². The average molecular weight is 334 g/mol. The van der Waals surface area contributed by atoms with Crippen LogP contribution >= 0.6 is 0 Å². The van der Waals surface area contributed by atoms with Gasteiger partial charge in [0.15, 0.2) is 0 Å². The molecule has 6 heteroatoms. The van der Waals surface area contributed by atoms with Gasteiger partial charge in [0.1, 0.15) is 0 Å². The lowest BCUT2D eigenvalue weighted by molar-refractivity contribution is -0.138. The number of nitrogens with zero attached hydrogens (tertiary/aromatic N) is 4. The van der Waals surface area contributed by atoms with E-state index in [1.807, 2.05) is 10.9 Å². The fourth-order valence-electron chi connectivity index (χ4n) is 4.12. The highest BCUT2D eigenvalue weighted by Crippen LogP contribution is 2.27. The lowest BCUT2D eigenvalue weighted by atomic mass is 9.94. The van der Waals surface area contributed by atoms with Crippen LogP contribution < -0.4 is 0 Å². The number of amides is 1. The van der Waals surface area contributed by atoms with Gasteiger partial charge in [-0.3, -0.25) is 9.48 Å². The van der Waals surface area contributed by atoms with E-state index < -0.39 is 0 Å². The van der Waals surface area contributed by atoms with Crippen LogP contribution in [0, 0.1) is 11.8 Å². The number of carbonyl (C=O) groups is 1. The summed E-state index contributed by atoms with van der Waals surface area (Å²) in [6, 6.07) is 0. The van der Waals surface area contributed by atoms with Crippen LogP contribution in [0.25, 0.3) is 0 Å². The Morgan fingerprint density at radius 2 is 1.96 bits per heavy atom. The Balaban J connectivity index is 1.54. The first-order valence-corrected chi connectivity index (χ1v) is 9.55. The van der Waals surface area contributed by atoms with E-state index in [-0.39, 0.29) is 12.5 Å². The lowest BCUT2D eigenvalue weighted by Crippen LogP contribution is -2.44. The Hall–Kier alpha value is -1.43. The molecule has 0 aromatic carbocycles. The summed E-state index contributed by atoms with van der Waals surface area (Å²) in [5.74, 6) is 1.10. The summed E-state index contributed by atoms with van der Waals surface area (Å²) in [6.45, 7) is 2.68. The molecule has 2 heterocycles. The van der Waals surface area contributed by atoms with Crippen molar-refractivity contribution in [1.82, 2.24) is 19.9 Å². The van der Waals surface area contributed by atoms with Gasteiger partial charge in [0.05, 0.1) is 5.69 Å². The van der Waals surface area contributed by atoms with E-state index in [4.69, 9.17) is 5.11 Å². The highest BCUT2D eigenvalue weighted by molar-refractivity contribution is 5.79. The molecule has 1 aliphatic heterocycles. The van der Waals surface area contributed by atoms with E-state index in [1.165, 1.54) is 25.7 Å². The van der Waals surface area contributed by atoms with Gasteiger partial charge in [-0.1, -0.05) is 30.9 Å². The zero-order valence-corrected chi connectivity index (χ0v) is 14.6. The van der Waals surface area contributed by atoms with Crippen molar-refractivity contribution in [2.45, 2.75) is 64.3 Å². The van der Waals surface area contributed by atoms with Crippen LogP contribution in [0.4, 0.5) is 0 Å². The number of aromatic nitrogens is 3. The van der Waals surface area contributed by atoms with Crippen LogP contribution in [0.2, 0.25) is 0 Å². The summed E-state index contributed by atoms with van der Waals surface area (Å²) >= 11 is 0. The van der Waals surface area contributed by atoms with E-state index in [9.17, 15) is 4.79 Å². The van der Waals surface area contributed by atoms with Crippen molar-refractivity contribution in [3.63, 3.8) is 0 Å². The summed E-state index contributed by atoms with van der Waals surface area (Å²) in [5, 5.41) is 17.2. The Morgan fingerprint density at radius 1 is 1.17 bits per heavy atom. The highest BCUT2D eigenvalue weighted by Gasteiger charge is 2.29. The van der Waals surface area contributed by atoms with Crippen molar-refractivity contribution in [1.29, 1.82) is 0 Å². The number of aliphatic hydroxyl groups excluding tert-OH is 1. The molecule has 1 atom stereocenters. The number of carbonyl (C=O) groups excluding carboxylic acids is 1. The van der Waals surface area contributed by atoms with E-state index in [0.29, 0.717) is 18.2 Å². The fraction of sp³-hybridized carbons (Fsp3) is 0.833. The van der Waals surface area contributed by atoms with Gasteiger partial charge in [-0.05, 0) is 31.6 Å². The SMILES string of the molecule is O=C(C1CCCCCC1)N1CCC[C@H](Cn2cc(CCO)nn2)C1. The maximum atomic E-state index is 12.9. The molecular formula is C18H30N4O2. The minimum absolute atomic E-state index is 0.103. The standard InChI is InChI=1S/C18H30N4O2/c23-11-9-17-14-22(20-19-17)13-15-6-5-10-21(12-15)18(24)16-7-3-1-2-4-8-16/h14-16,23H,1-13H2/t15-/m0/s1. The van der Waals surface area contributed by atoms with Crippen LogP contribution in [-0.2, 0) is 17.8 Å². The van der Waals surface area contributed by atoms with Gasteiger partial charge >= 0.3 is 0 Å². The molecule has 1 amide bonds. The van der Waals surface area contributed by atoms with E-state index >= 15 is 0 Å². The third kappa shape index (κ3) is 4.56. The van der Waals surface area contributed by atoms with Crippen LogP contribution in [0.1, 0.15) is 57.1 Å². The number of rotatable bonds is 5.